The fraction of sp³-hybridized carbons (Fsp3) is 0.545. The summed E-state index contributed by atoms with van der Waals surface area (Å²) in [6.07, 6.45) is 6.29. The van der Waals surface area contributed by atoms with Gasteiger partial charge in [0, 0.05) is 23.3 Å². The van der Waals surface area contributed by atoms with Crippen molar-refractivity contribution in [1.29, 1.82) is 0 Å². The second kappa shape index (κ2) is 15.7. The highest BCUT2D eigenvalue weighted by Crippen LogP contribution is 2.34. The van der Waals surface area contributed by atoms with Crippen LogP contribution in [0.25, 0.3) is 0 Å². The molecular formula is C33H45N3O5S2. The Hall–Kier alpha value is -2.85. The average Bonchev–Trinajstić information content (AvgIpc) is 3.00. The molecule has 2 aliphatic rings. The van der Waals surface area contributed by atoms with Gasteiger partial charge >= 0.3 is 6.09 Å². The lowest BCUT2D eigenvalue weighted by Crippen LogP contribution is -2.57. The summed E-state index contributed by atoms with van der Waals surface area (Å²) < 4.78 is 14.5. The fourth-order valence-electron chi connectivity index (χ4n) is 5.32. The minimum atomic E-state index is -0.742. The van der Waals surface area contributed by atoms with E-state index in [2.05, 4.69) is 22.2 Å². The fourth-order valence-corrected chi connectivity index (χ4v) is 7.55. The molecule has 2 aromatic rings. The van der Waals surface area contributed by atoms with Crippen LogP contribution in [0.15, 0.2) is 54.6 Å². The number of hydrogen-bond acceptors (Lipinski definition) is 7. The Bertz CT molecular complexity index is 1200. The van der Waals surface area contributed by atoms with E-state index >= 15 is 0 Å². The Kier molecular flexibility index (Phi) is 12.1. The molecule has 10 heteroatoms. The average molecular weight is 628 g/mol. The van der Waals surface area contributed by atoms with Gasteiger partial charge in [0.05, 0.1) is 0 Å². The number of carbonyl (C=O) groups is 3. The Morgan fingerprint density at radius 3 is 2.35 bits per heavy atom. The largest absolute Gasteiger partial charge is 0.457 e. The van der Waals surface area contributed by atoms with Gasteiger partial charge in [0.1, 0.15) is 29.2 Å². The Balaban J connectivity index is 1.33. The van der Waals surface area contributed by atoms with E-state index in [9.17, 15) is 14.4 Å². The maximum atomic E-state index is 13.2. The summed E-state index contributed by atoms with van der Waals surface area (Å²) in [5.41, 5.74) is 0.538. The molecule has 1 aliphatic carbocycles. The summed E-state index contributed by atoms with van der Waals surface area (Å²) in [7, 11) is 0. The Morgan fingerprint density at radius 1 is 1.00 bits per heavy atom. The van der Waals surface area contributed by atoms with Crippen molar-refractivity contribution >= 4 is 41.6 Å². The van der Waals surface area contributed by atoms with Gasteiger partial charge in [-0.3, -0.25) is 19.2 Å². The lowest BCUT2D eigenvalue weighted by Gasteiger charge is -2.36. The van der Waals surface area contributed by atoms with Gasteiger partial charge in [0.2, 0.25) is 5.91 Å². The lowest BCUT2D eigenvalue weighted by atomic mass is 9.85. The van der Waals surface area contributed by atoms with Crippen molar-refractivity contribution in [2.75, 3.05) is 18.1 Å². The van der Waals surface area contributed by atoms with E-state index < -0.39 is 23.8 Å². The van der Waals surface area contributed by atoms with E-state index in [1.165, 1.54) is 41.7 Å². The number of hydrogen-bond donors (Lipinski definition) is 2. The Labute approximate surface area is 264 Å². The molecule has 1 aliphatic heterocycles. The summed E-state index contributed by atoms with van der Waals surface area (Å²) in [5, 5.41) is 3.05. The van der Waals surface area contributed by atoms with Crippen LogP contribution in [0.3, 0.4) is 0 Å². The summed E-state index contributed by atoms with van der Waals surface area (Å²) in [5.74, 6) is 2.70. The van der Waals surface area contributed by atoms with Crippen LogP contribution in [0.5, 0.6) is 11.5 Å². The molecule has 0 bridgehead atoms. The van der Waals surface area contributed by atoms with Crippen molar-refractivity contribution in [2.24, 2.45) is 5.92 Å². The number of amides is 3. The monoisotopic (exact) mass is 627 g/mol. The maximum Gasteiger partial charge on any atom is 0.411 e. The van der Waals surface area contributed by atoms with Crippen molar-refractivity contribution in [2.45, 2.75) is 89.2 Å². The van der Waals surface area contributed by atoms with Gasteiger partial charge in [-0.05, 0) is 94.7 Å². The summed E-state index contributed by atoms with van der Waals surface area (Å²) in [4.78, 5) is 40.6. The number of thioether (sulfide) groups is 1. The molecule has 0 spiro atoms. The number of nitrogens with one attached hydrogen (secondary N) is 2. The van der Waals surface area contributed by atoms with Crippen molar-refractivity contribution in [3.63, 3.8) is 0 Å². The van der Waals surface area contributed by atoms with Gasteiger partial charge in [0.15, 0.2) is 0 Å². The topological polar surface area (TPSA) is 97.0 Å². The second-order valence-electron chi connectivity index (χ2n) is 12.3. The summed E-state index contributed by atoms with van der Waals surface area (Å²) in [6, 6.07) is 16.5. The molecular weight excluding hydrogens is 583 g/mol. The number of ether oxygens (including phenoxy) is 2. The third-order valence-corrected chi connectivity index (χ3v) is 9.83. The van der Waals surface area contributed by atoms with E-state index in [0.29, 0.717) is 18.2 Å². The van der Waals surface area contributed by atoms with Crippen LogP contribution in [0.4, 0.5) is 4.79 Å². The zero-order chi connectivity index (χ0) is 30.8. The molecule has 234 valence electrons. The molecule has 43 heavy (non-hydrogen) atoms. The van der Waals surface area contributed by atoms with Gasteiger partial charge in [-0.1, -0.05) is 49.6 Å². The van der Waals surface area contributed by atoms with Crippen LogP contribution in [0.2, 0.25) is 0 Å². The molecule has 2 aromatic carbocycles. The van der Waals surface area contributed by atoms with Crippen LogP contribution in [-0.2, 0) is 20.7 Å². The van der Waals surface area contributed by atoms with E-state index in [-0.39, 0.29) is 17.1 Å². The molecule has 1 heterocycles. The number of nitrogens with zero attached hydrogens (tertiary/aromatic N) is 1. The third-order valence-electron chi connectivity index (χ3n) is 7.64. The normalized spacial score (nSPS) is 19.2. The zero-order valence-corrected chi connectivity index (χ0v) is 27.3. The highest BCUT2D eigenvalue weighted by molar-refractivity contribution is 7.99. The molecule has 1 unspecified atom stereocenters. The first kappa shape index (κ1) is 33.1. The smallest absolute Gasteiger partial charge is 0.411 e. The molecule has 4 rings (SSSR count). The van der Waals surface area contributed by atoms with Crippen LogP contribution in [0.1, 0.15) is 65.4 Å². The molecule has 0 aromatic heterocycles. The molecule has 1 saturated heterocycles. The predicted octanol–water partition coefficient (Wildman–Crippen LogP) is 6.59. The van der Waals surface area contributed by atoms with E-state index in [1.54, 1.807) is 39.5 Å². The van der Waals surface area contributed by atoms with Crippen LogP contribution in [0, 0.1) is 5.92 Å². The van der Waals surface area contributed by atoms with E-state index in [4.69, 9.17) is 9.47 Å². The minimum absolute atomic E-state index is 0.213. The van der Waals surface area contributed by atoms with Crippen molar-refractivity contribution in [1.82, 2.24) is 14.9 Å². The predicted molar refractivity (Wildman–Crippen MR) is 174 cm³/mol. The minimum Gasteiger partial charge on any atom is -0.457 e. The zero-order valence-electron chi connectivity index (χ0n) is 25.7. The third kappa shape index (κ3) is 10.4. The van der Waals surface area contributed by atoms with E-state index in [0.717, 1.165) is 36.5 Å². The van der Waals surface area contributed by atoms with Gasteiger partial charge < -0.3 is 14.8 Å². The van der Waals surface area contributed by atoms with E-state index in [1.807, 2.05) is 42.5 Å². The summed E-state index contributed by atoms with van der Waals surface area (Å²) >= 11 is 3.08. The SMILES string of the molecule is C[C@@H](NC(=O)[C@H]1CSCCN1C(=O)OC(C)(C)C)C(=O)NSC(Cc1ccc(Oc2ccccc2)cc1)C1CCCCC1. The first-order valence-electron chi connectivity index (χ1n) is 15.2. The standard InChI is InChI=1S/C33H45N3O5S2/c1-23(34-31(38)28-22-42-20-19-36(28)32(39)41-33(2,3)4)30(37)35-43-29(25-11-7-5-8-12-25)21-24-15-17-27(18-16-24)40-26-13-9-6-10-14-26/h6,9-10,13-18,23,25,28-29H,5,7-8,11-12,19-22H2,1-4H3,(H,34,38)(H,35,37)/t23-,28-,29?/m1/s1. The van der Waals surface area contributed by atoms with Crippen LogP contribution in [-0.4, -0.2) is 63.8 Å². The molecule has 0 radical (unpaired) electrons. The number of carbonyl (C=O) groups excluding carboxylic acids is 3. The van der Waals surface area contributed by atoms with Gasteiger partial charge in [-0.2, -0.15) is 11.8 Å². The Morgan fingerprint density at radius 2 is 1.67 bits per heavy atom. The maximum absolute atomic E-state index is 13.2. The van der Waals surface area contributed by atoms with Gasteiger partial charge in [0.25, 0.3) is 5.91 Å². The molecule has 2 N–H and O–H groups in total. The molecule has 3 amide bonds. The van der Waals surface area contributed by atoms with Crippen molar-refractivity contribution in [3.05, 3.63) is 60.2 Å². The molecule has 3 atom stereocenters. The van der Waals surface area contributed by atoms with Crippen molar-refractivity contribution < 1.29 is 23.9 Å². The van der Waals surface area contributed by atoms with Crippen molar-refractivity contribution in [3.8, 4) is 11.5 Å². The lowest BCUT2D eigenvalue weighted by molar-refractivity contribution is -0.130. The molecule has 1 saturated carbocycles. The molecule has 2 fully saturated rings. The van der Waals surface area contributed by atoms with Gasteiger partial charge in [-0.25, -0.2) is 4.79 Å². The van der Waals surface area contributed by atoms with Gasteiger partial charge in [-0.15, -0.1) is 0 Å². The molecule has 8 nitrogen and oxygen atoms in total. The van der Waals surface area contributed by atoms with Crippen LogP contribution < -0.4 is 14.8 Å². The first-order chi connectivity index (χ1) is 20.6. The quantitative estimate of drug-likeness (QED) is 0.287. The summed E-state index contributed by atoms with van der Waals surface area (Å²) in [6.45, 7) is 7.52. The van der Waals surface area contributed by atoms with Crippen LogP contribution >= 0.6 is 23.7 Å². The number of para-hydroxylation sites is 1. The highest BCUT2D eigenvalue weighted by atomic mass is 32.2. The first-order valence-corrected chi connectivity index (χ1v) is 17.3. The number of benzene rings is 2. The second-order valence-corrected chi connectivity index (χ2v) is 14.5. The highest BCUT2D eigenvalue weighted by Gasteiger charge is 2.36. The number of rotatable bonds is 10.